The van der Waals surface area contributed by atoms with Gasteiger partial charge in [0, 0.05) is 50.4 Å². The standard InChI is InChI=1S/C25H29N7O4/c1-26-22-10-18(29-24-16(12-28-32(22)24)25(34)30-17-5-6-20(17)33)15-11-27-23-14(15)4-3-8-31(23)19-7-9-36-13-21(19)35-2/h3-4,8,10-12,17,19-21,26,33H,5-7,9,13H2,1-2H3,(H,30,34)/t17-,19?,20+,21-/m0/s1. The molecule has 4 aliphatic rings. The SMILES string of the molecule is CNc1cc(-c2cnc3n(C4CCOC[C@@H]4OC)cccc2-3)nc2c(C(=O)N[C@H]3CC[C@H]3O)cnn12. The first-order valence-corrected chi connectivity index (χ1v) is 12.2. The molecule has 0 spiro atoms. The van der Waals surface area contributed by atoms with E-state index in [1.165, 1.54) is 6.20 Å². The Hall–Kier alpha value is -3.54. The van der Waals surface area contributed by atoms with Crippen molar-refractivity contribution in [1.82, 2.24) is 29.5 Å². The normalized spacial score (nSPS) is 24.1. The first kappa shape index (κ1) is 22.9. The van der Waals surface area contributed by atoms with E-state index in [2.05, 4.69) is 20.3 Å². The number of carbonyl (C=O) groups is 1. The summed E-state index contributed by atoms with van der Waals surface area (Å²) in [5.41, 5.74) is 3.30. The summed E-state index contributed by atoms with van der Waals surface area (Å²) in [6.45, 7) is 1.22. The number of hydrogen-bond donors (Lipinski definition) is 3. The summed E-state index contributed by atoms with van der Waals surface area (Å²) in [4.78, 5) is 22.6. The van der Waals surface area contributed by atoms with E-state index in [-0.39, 0.29) is 24.1 Å². The van der Waals surface area contributed by atoms with Gasteiger partial charge < -0.3 is 29.8 Å². The topological polar surface area (TPSA) is 128 Å². The summed E-state index contributed by atoms with van der Waals surface area (Å²) in [6.07, 6.45) is 7.10. The summed E-state index contributed by atoms with van der Waals surface area (Å²) in [7, 11) is 3.51. The molecule has 3 aliphatic heterocycles. The molecule has 6 rings (SSSR count). The lowest BCUT2D eigenvalue weighted by Crippen LogP contribution is -2.50. The number of pyridine rings is 1. The number of anilines is 1. The number of rotatable bonds is 6. The molecule has 11 heteroatoms. The summed E-state index contributed by atoms with van der Waals surface area (Å²) in [6, 6.07) is 5.82. The predicted octanol–water partition coefficient (Wildman–Crippen LogP) is 1.97. The molecule has 11 nitrogen and oxygen atoms in total. The third-order valence-electron chi connectivity index (χ3n) is 7.33. The predicted molar refractivity (Wildman–Crippen MR) is 132 cm³/mol. The maximum absolute atomic E-state index is 13.0. The first-order valence-electron chi connectivity index (χ1n) is 12.2. The molecule has 3 N–H and O–H groups in total. The number of aliphatic hydroxyl groups is 1. The highest BCUT2D eigenvalue weighted by Gasteiger charge is 2.32. The van der Waals surface area contributed by atoms with Gasteiger partial charge in [0.15, 0.2) is 5.65 Å². The van der Waals surface area contributed by atoms with Crippen LogP contribution in [0.5, 0.6) is 0 Å². The molecule has 2 aromatic rings. The number of hydrogen-bond acceptors (Lipinski definition) is 8. The summed E-state index contributed by atoms with van der Waals surface area (Å²) < 4.78 is 15.1. The first-order chi connectivity index (χ1) is 17.6. The van der Waals surface area contributed by atoms with Gasteiger partial charge in [-0.3, -0.25) is 4.79 Å². The Morgan fingerprint density at radius 2 is 2.14 bits per heavy atom. The zero-order valence-electron chi connectivity index (χ0n) is 20.2. The number of nitrogens with one attached hydrogen (secondary N) is 2. The number of carbonyl (C=O) groups excluding carboxylic acids is 1. The second-order valence-corrected chi connectivity index (χ2v) is 9.32. The molecule has 0 aromatic carbocycles. The van der Waals surface area contributed by atoms with E-state index in [9.17, 15) is 9.90 Å². The highest BCUT2D eigenvalue weighted by molar-refractivity contribution is 6.00. The van der Waals surface area contributed by atoms with Gasteiger partial charge in [-0.15, -0.1) is 0 Å². The third-order valence-corrected chi connectivity index (χ3v) is 7.33. The second kappa shape index (κ2) is 9.16. The second-order valence-electron chi connectivity index (χ2n) is 9.32. The van der Waals surface area contributed by atoms with Crippen LogP contribution in [0, 0.1) is 0 Å². The molecule has 1 aliphatic carbocycles. The van der Waals surface area contributed by atoms with Crippen molar-refractivity contribution in [3.8, 4) is 22.6 Å². The Labute approximate surface area is 207 Å². The van der Waals surface area contributed by atoms with Gasteiger partial charge in [-0.05, 0) is 31.4 Å². The highest BCUT2D eigenvalue weighted by atomic mass is 16.5. The van der Waals surface area contributed by atoms with E-state index < -0.39 is 6.10 Å². The van der Waals surface area contributed by atoms with Crippen molar-refractivity contribution in [2.45, 2.75) is 43.6 Å². The molecule has 1 unspecified atom stereocenters. The lowest BCUT2D eigenvalue weighted by Gasteiger charge is -2.33. The lowest BCUT2D eigenvalue weighted by molar-refractivity contribution is -0.0600. The van der Waals surface area contributed by atoms with Crippen LogP contribution < -0.4 is 10.6 Å². The maximum atomic E-state index is 13.0. The minimum Gasteiger partial charge on any atom is -0.391 e. The number of aromatic nitrogens is 5. The van der Waals surface area contributed by atoms with Crippen LogP contribution in [0.15, 0.2) is 36.8 Å². The maximum Gasteiger partial charge on any atom is 0.257 e. The fraction of sp³-hybridized carbons (Fsp3) is 0.440. The lowest BCUT2D eigenvalue weighted by atomic mass is 9.89. The quantitative estimate of drug-likeness (QED) is 0.374. The van der Waals surface area contributed by atoms with Crippen molar-refractivity contribution in [1.29, 1.82) is 0 Å². The van der Waals surface area contributed by atoms with E-state index in [4.69, 9.17) is 19.4 Å². The number of amides is 1. The molecular weight excluding hydrogens is 462 g/mol. The van der Waals surface area contributed by atoms with Crippen molar-refractivity contribution >= 4 is 17.4 Å². The van der Waals surface area contributed by atoms with Crippen molar-refractivity contribution in [3.05, 3.63) is 42.4 Å². The van der Waals surface area contributed by atoms with Gasteiger partial charge >= 0.3 is 0 Å². The zero-order chi connectivity index (χ0) is 24.8. The molecule has 0 radical (unpaired) electrons. The Balaban J connectivity index is 1.39. The van der Waals surface area contributed by atoms with Gasteiger partial charge in [0.05, 0.1) is 36.7 Å². The number of nitrogens with zero attached hydrogens (tertiary/aromatic N) is 5. The van der Waals surface area contributed by atoms with Crippen LogP contribution in [0.3, 0.4) is 0 Å². The monoisotopic (exact) mass is 491 g/mol. The summed E-state index contributed by atoms with van der Waals surface area (Å²) >= 11 is 0. The van der Waals surface area contributed by atoms with Gasteiger partial charge in [-0.1, -0.05) is 0 Å². The number of aliphatic hydroxyl groups excluding tert-OH is 1. The van der Waals surface area contributed by atoms with Crippen molar-refractivity contribution < 1.29 is 19.4 Å². The molecular formula is C25H29N7O4. The largest absolute Gasteiger partial charge is 0.391 e. The van der Waals surface area contributed by atoms with Gasteiger partial charge in [0.2, 0.25) is 0 Å². The average Bonchev–Trinajstić information content (AvgIpc) is 3.54. The van der Waals surface area contributed by atoms with Gasteiger partial charge in [-0.25, -0.2) is 9.97 Å². The zero-order valence-corrected chi connectivity index (χ0v) is 20.2. The molecule has 1 saturated heterocycles. The van der Waals surface area contributed by atoms with E-state index >= 15 is 0 Å². The van der Waals surface area contributed by atoms with Crippen molar-refractivity contribution in [3.63, 3.8) is 0 Å². The van der Waals surface area contributed by atoms with E-state index in [1.54, 1.807) is 18.7 Å². The Bertz CT molecular complexity index is 1380. The van der Waals surface area contributed by atoms with E-state index in [0.29, 0.717) is 42.4 Å². The summed E-state index contributed by atoms with van der Waals surface area (Å²) in [5, 5.41) is 20.3. The Kier molecular flexibility index (Phi) is 5.82. The molecule has 5 heterocycles. The molecule has 1 saturated carbocycles. The third kappa shape index (κ3) is 3.71. The molecule has 2 fully saturated rings. The van der Waals surface area contributed by atoms with Crippen LogP contribution in [0.2, 0.25) is 0 Å². The average molecular weight is 492 g/mol. The van der Waals surface area contributed by atoms with Gasteiger partial charge in [0.1, 0.15) is 23.3 Å². The van der Waals surface area contributed by atoms with Crippen LogP contribution in [0.25, 0.3) is 28.3 Å². The molecule has 2 aromatic heterocycles. The van der Waals surface area contributed by atoms with Crippen LogP contribution in [-0.4, -0.2) is 80.8 Å². The van der Waals surface area contributed by atoms with Crippen LogP contribution in [0.4, 0.5) is 5.82 Å². The Morgan fingerprint density at radius 3 is 2.89 bits per heavy atom. The van der Waals surface area contributed by atoms with Crippen molar-refractivity contribution in [2.75, 3.05) is 32.7 Å². The molecule has 0 bridgehead atoms. The fourth-order valence-corrected chi connectivity index (χ4v) is 5.11. The molecule has 4 atom stereocenters. The molecule has 36 heavy (non-hydrogen) atoms. The van der Waals surface area contributed by atoms with Gasteiger partial charge in [0.25, 0.3) is 5.91 Å². The Morgan fingerprint density at radius 1 is 1.25 bits per heavy atom. The van der Waals surface area contributed by atoms with Crippen LogP contribution >= 0.6 is 0 Å². The van der Waals surface area contributed by atoms with Crippen LogP contribution in [0.1, 0.15) is 35.7 Å². The summed E-state index contributed by atoms with van der Waals surface area (Å²) in [5.74, 6) is 1.24. The smallest absolute Gasteiger partial charge is 0.257 e. The molecule has 188 valence electrons. The minimum atomic E-state index is -0.505. The number of fused-ring (bicyclic) bond motifs is 2. The van der Waals surface area contributed by atoms with E-state index in [1.807, 2.05) is 30.6 Å². The van der Waals surface area contributed by atoms with E-state index in [0.717, 1.165) is 29.8 Å². The fourth-order valence-electron chi connectivity index (χ4n) is 5.11. The van der Waals surface area contributed by atoms with Crippen molar-refractivity contribution in [2.24, 2.45) is 0 Å². The molecule has 1 amide bonds. The number of methoxy groups -OCH3 is 1. The minimum absolute atomic E-state index is 0.0538. The van der Waals surface area contributed by atoms with Crippen LogP contribution in [-0.2, 0) is 9.47 Å². The highest BCUT2D eigenvalue weighted by Crippen LogP contribution is 2.37. The van der Waals surface area contributed by atoms with Gasteiger partial charge in [-0.2, -0.15) is 9.61 Å². The number of ether oxygens (including phenoxy) is 2.